The lowest BCUT2D eigenvalue weighted by Gasteiger charge is -2.28. The van der Waals surface area contributed by atoms with E-state index in [9.17, 15) is 19.4 Å². The third-order valence-electron chi connectivity index (χ3n) is 6.26. The van der Waals surface area contributed by atoms with Gasteiger partial charge in [0.25, 0.3) is 5.91 Å². The number of pyridine rings is 1. The zero-order valence-corrected chi connectivity index (χ0v) is 19.7. The number of aromatic nitrogens is 3. The molecule has 1 amide bonds. The van der Waals surface area contributed by atoms with Crippen molar-refractivity contribution in [3.8, 4) is 17.5 Å². The number of nitrogens with zero attached hydrogens (tertiary/aromatic N) is 4. The lowest BCUT2D eigenvalue weighted by atomic mass is 9.92. The summed E-state index contributed by atoms with van der Waals surface area (Å²) in [5.74, 6) is -0.522. The SMILES string of the molecule is CC(C)(O)C(F)CNC(=O)c1cnc(-c2ccc3cc(C#N)cnn23)cc1N[C@H]1CCC[C@@H](O)C1. The first-order chi connectivity index (χ1) is 16.7. The molecule has 3 aromatic rings. The maximum atomic E-state index is 14.2. The number of nitrogens with one attached hydrogen (secondary N) is 2. The van der Waals surface area contributed by atoms with Gasteiger partial charge in [0.2, 0.25) is 0 Å². The molecule has 3 heterocycles. The molecule has 1 aliphatic rings. The van der Waals surface area contributed by atoms with Crippen LogP contribution in [0.3, 0.4) is 0 Å². The predicted molar refractivity (Wildman–Crippen MR) is 129 cm³/mol. The first-order valence-corrected chi connectivity index (χ1v) is 11.6. The van der Waals surface area contributed by atoms with Crippen LogP contribution in [-0.4, -0.2) is 61.2 Å². The Morgan fingerprint density at radius 2 is 2.14 bits per heavy atom. The number of carbonyl (C=O) groups is 1. The summed E-state index contributed by atoms with van der Waals surface area (Å²) in [6.45, 7) is 2.34. The Morgan fingerprint density at radius 1 is 1.34 bits per heavy atom. The van der Waals surface area contributed by atoms with Crippen molar-refractivity contribution in [3.63, 3.8) is 0 Å². The Balaban J connectivity index is 1.66. The van der Waals surface area contributed by atoms with E-state index in [1.165, 1.54) is 26.2 Å². The second-order valence-corrected chi connectivity index (χ2v) is 9.52. The molecule has 3 atom stereocenters. The monoisotopic (exact) mass is 480 g/mol. The molecule has 10 heteroatoms. The fraction of sp³-hybridized carbons (Fsp3) is 0.440. The zero-order chi connectivity index (χ0) is 25.2. The van der Waals surface area contributed by atoms with Crippen LogP contribution in [0.15, 0.2) is 36.7 Å². The van der Waals surface area contributed by atoms with Gasteiger partial charge in [-0.15, -0.1) is 0 Å². The van der Waals surface area contributed by atoms with Crippen molar-refractivity contribution in [3.05, 3.63) is 47.8 Å². The lowest BCUT2D eigenvalue weighted by Crippen LogP contribution is -2.42. The number of nitriles is 1. The largest absolute Gasteiger partial charge is 0.393 e. The molecule has 0 bridgehead atoms. The summed E-state index contributed by atoms with van der Waals surface area (Å²) in [6.07, 6.45) is 3.84. The highest BCUT2D eigenvalue weighted by Gasteiger charge is 2.28. The average Bonchev–Trinajstić information content (AvgIpc) is 3.25. The third kappa shape index (κ3) is 5.58. The molecule has 4 N–H and O–H groups in total. The van der Waals surface area contributed by atoms with E-state index in [2.05, 4.69) is 26.8 Å². The number of rotatable bonds is 7. The predicted octanol–water partition coefficient (Wildman–Crippen LogP) is 2.82. The van der Waals surface area contributed by atoms with E-state index in [-0.39, 0.29) is 18.2 Å². The highest BCUT2D eigenvalue weighted by Crippen LogP contribution is 2.28. The van der Waals surface area contributed by atoms with Gasteiger partial charge in [0, 0.05) is 12.2 Å². The van der Waals surface area contributed by atoms with Crippen molar-refractivity contribution in [1.29, 1.82) is 5.26 Å². The van der Waals surface area contributed by atoms with Crippen LogP contribution in [0.4, 0.5) is 10.1 Å². The Bertz CT molecular complexity index is 1260. The molecule has 1 aliphatic carbocycles. The van der Waals surface area contributed by atoms with Crippen molar-refractivity contribution < 1.29 is 19.4 Å². The quantitative estimate of drug-likeness (QED) is 0.408. The number of fused-ring (bicyclic) bond motifs is 1. The summed E-state index contributed by atoms with van der Waals surface area (Å²) >= 11 is 0. The van der Waals surface area contributed by atoms with Crippen LogP contribution in [0.5, 0.6) is 0 Å². The van der Waals surface area contributed by atoms with E-state index in [1.54, 1.807) is 16.6 Å². The minimum Gasteiger partial charge on any atom is -0.393 e. The number of amides is 1. The molecule has 3 aromatic heterocycles. The molecule has 0 radical (unpaired) electrons. The van der Waals surface area contributed by atoms with Crippen molar-refractivity contribution >= 4 is 17.1 Å². The van der Waals surface area contributed by atoms with Gasteiger partial charge in [0.05, 0.1) is 58.2 Å². The standard InChI is InChI=1S/C25H29FN6O3/c1-25(2,35)23(26)14-29-24(34)19-13-28-21(10-20(19)31-16-4-3-5-18(33)9-16)22-7-6-17-8-15(11-27)12-30-32(17)22/h6-8,10,12-13,16,18,23,33,35H,3-5,9,14H2,1-2H3,(H,28,31)(H,29,34)/t16-,18+,23?/m0/s1. The molecule has 0 spiro atoms. The van der Waals surface area contributed by atoms with Crippen LogP contribution in [0.1, 0.15) is 55.5 Å². The first-order valence-electron chi connectivity index (χ1n) is 11.6. The highest BCUT2D eigenvalue weighted by molar-refractivity contribution is 6.00. The molecular weight excluding hydrogens is 451 g/mol. The van der Waals surface area contributed by atoms with Gasteiger partial charge in [-0.1, -0.05) is 0 Å². The molecular formula is C25H29FN6O3. The molecule has 0 saturated heterocycles. The third-order valence-corrected chi connectivity index (χ3v) is 6.26. The van der Waals surface area contributed by atoms with Gasteiger partial charge >= 0.3 is 0 Å². The van der Waals surface area contributed by atoms with E-state index in [0.717, 1.165) is 24.8 Å². The van der Waals surface area contributed by atoms with E-state index in [1.807, 2.05) is 12.1 Å². The van der Waals surface area contributed by atoms with Crippen molar-refractivity contribution in [2.45, 2.75) is 63.4 Å². The minimum absolute atomic E-state index is 0.0359. The van der Waals surface area contributed by atoms with Gasteiger partial charge in [0.1, 0.15) is 12.2 Å². The summed E-state index contributed by atoms with van der Waals surface area (Å²) in [4.78, 5) is 17.4. The van der Waals surface area contributed by atoms with Crippen LogP contribution in [0, 0.1) is 11.3 Å². The number of alkyl halides is 1. The van der Waals surface area contributed by atoms with Crippen LogP contribution < -0.4 is 10.6 Å². The summed E-state index contributed by atoms with van der Waals surface area (Å²) < 4.78 is 15.9. The molecule has 35 heavy (non-hydrogen) atoms. The summed E-state index contributed by atoms with van der Waals surface area (Å²) in [5.41, 5.74) is 1.56. The Labute approximate surface area is 202 Å². The normalized spacial score (nSPS) is 19.2. The van der Waals surface area contributed by atoms with Crippen molar-refractivity contribution in [2.24, 2.45) is 0 Å². The molecule has 1 saturated carbocycles. The topological polar surface area (TPSA) is 136 Å². The lowest BCUT2D eigenvalue weighted by molar-refractivity contribution is -0.00177. The van der Waals surface area contributed by atoms with Gasteiger partial charge in [-0.25, -0.2) is 8.91 Å². The van der Waals surface area contributed by atoms with Crippen molar-refractivity contribution in [1.82, 2.24) is 19.9 Å². The fourth-order valence-electron chi connectivity index (χ4n) is 4.19. The summed E-state index contributed by atoms with van der Waals surface area (Å²) in [5, 5.41) is 39.3. The van der Waals surface area contributed by atoms with E-state index in [0.29, 0.717) is 29.1 Å². The molecule has 4 rings (SSSR count). The van der Waals surface area contributed by atoms with Gasteiger partial charge in [0.15, 0.2) is 0 Å². The molecule has 184 valence electrons. The van der Waals surface area contributed by atoms with E-state index in [4.69, 9.17) is 5.26 Å². The second kappa shape index (κ2) is 9.98. The van der Waals surface area contributed by atoms with Crippen LogP contribution >= 0.6 is 0 Å². The van der Waals surface area contributed by atoms with Gasteiger partial charge in [-0.3, -0.25) is 9.78 Å². The maximum absolute atomic E-state index is 14.2. The number of hydrogen-bond donors (Lipinski definition) is 4. The van der Waals surface area contributed by atoms with Gasteiger partial charge < -0.3 is 20.8 Å². The van der Waals surface area contributed by atoms with Crippen molar-refractivity contribution in [2.75, 3.05) is 11.9 Å². The number of aliphatic hydroxyl groups excluding tert-OH is 1. The van der Waals surface area contributed by atoms with Gasteiger partial charge in [-0.2, -0.15) is 10.4 Å². The fourth-order valence-corrected chi connectivity index (χ4v) is 4.19. The van der Waals surface area contributed by atoms with E-state index < -0.39 is 23.8 Å². The highest BCUT2D eigenvalue weighted by atomic mass is 19.1. The second-order valence-electron chi connectivity index (χ2n) is 9.52. The molecule has 9 nitrogen and oxygen atoms in total. The summed E-state index contributed by atoms with van der Waals surface area (Å²) in [7, 11) is 0. The number of carbonyl (C=O) groups excluding carboxylic acids is 1. The minimum atomic E-state index is -1.64. The maximum Gasteiger partial charge on any atom is 0.255 e. The Hall–Kier alpha value is -3.55. The number of hydrogen-bond acceptors (Lipinski definition) is 7. The number of aliphatic hydroxyl groups is 2. The summed E-state index contributed by atoms with van der Waals surface area (Å²) in [6, 6.07) is 9.14. The Morgan fingerprint density at radius 3 is 2.86 bits per heavy atom. The molecule has 1 fully saturated rings. The van der Waals surface area contributed by atoms with Crippen LogP contribution in [0.2, 0.25) is 0 Å². The average molecular weight is 481 g/mol. The van der Waals surface area contributed by atoms with Crippen LogP contribution in [0.25, 0.3) is 16.9 Å². The molecule has 1 unspecified atom stereocenters. The molecule has 0 aromatic carbocycles. The molecule has 0 aliphatic heterocycles. The number of anilines is 1. The number of halogens is 1. The first kappa shape index (κ1) is 24.6. The van der Waals surface area contributed by atoms with Crippen LogP contribution in [-0.2, 0) is 0 Å². The Kier molecular flexibility index (Phi) is 7.00. The van der Waals surface area contributed by atoms with Gasteiger partial charge in [-0.05, 0) is 63.8 Å². The van der Waals surface area contributed by atoms with E-state index >= 15 is 0 Å². The zero-order valence-electron chi connectivity index (χ0n) is 19.7. The smallest absolute Gasteiger partial charge is 0.255 e.